The van der Waals surface area contributed by atoms with Gasteiger partial charge in [0.2, 0.25) is 0 Å². The lowest BCUT2D eigenvalue weighted by Crippen LogP contribution is -2.16. The molecular formula is C11H18O2. The third-order valence-electron chi connectivity index (χ3n) is 2.41. The normalized spacial score (nSPS) is 24.2. The molecule has 0 fully saturated rings. The Labute approximate surface area is 80.0 Å². The van der Waals surface area contributed by atoms with Crippen LogP contribution in [-0.2, 0) is 9.53 Å². The van der Waals surface area contributed by atoms with Gasteiger partial charge in [0, 0.05) is 6.92 Å². The molecule has 1 aliphatic carbocycles. The van der Waals surface area contributed by atoms with Gasteiger partial charge in [-0.1, -0.05) is 11.6 Å². The lowest BCUT2D eigenvalue weighted by atomic mass is 9.99. The van der Waals surface area contributed by atoms with E-state index < -0.39 is 0 Å². The summed E-state index contributed by atoms with van der Waals surface area (Å²) in [7, 11) is 0. The first-order chi connectivity index (χ1) is 6.18. The molecule has 13 heavy (non-hydrogen) atoms. The van der Waals surface area contributed by atoms with Gasteiger partial charge in [-0.15, -0.1) is 0 Å². The van der Waals surface area contributed by atoms with Gasteiger partial charge in [-0.25, -0.2) is 0 Å². The van der Waals surface area contributed by atoms with E-state index in [1.54, 1.807) is 0 Å². The van der Waals surface area contributed by atoms with E-state index in [0.717, 1.165) is 32.1 Å². The molecule has 2 heteroatoms. The lowest BCUT2D eigenvalue weighted by Gasteiger charge is -2.18. The number of rotatable bonds is 1. The second-order valence-electron chi connectivity index (χ2n) is 3.75. The minimum absolute atomic E-state index is 0.147. The molecule has 1 unspecified atom stereocenters. The summed E-state index contributed by atoms with van der Waals surface area (Å²) in [6, 6.07) is 0. The molecule has 0 bridgehead atoms. The van der Waals surface area contributed by atoms with Crippen LogP contribution in [0, 0.1) is 0 Å². The van der Waals surface area contributed by atoms with Crippen LogP contribution in [0.4, 0.5) is 0 Å². The van der Waals surface area contributed by atoms with Gasteiger partial charge >= 0.3 is 5.97 Å². The molecule has 0 heterocycles. The molecule has 0 saturated heterocycles. The van der Waals surface area contributed by atoms with Crippen LogP contribution in [0.2, 0.25) is 0 Å². The van der Waals surface area contributed by atoms with Crippen molar-refractivity contribution in [2.45, 2.75) is 52.1 Å². The molecule has 0 saturated carbocycles. The predicted octanol–water partition coefficient (Wildman–Crippen LogP) is 2.83. The maximum atomic E-state index is 10.7. The molecule has 0 spiro atoms. The zero-order valence-electron chi connectivity index (χ0n) is 8.51. The Bertz CT molecular complexity index is 206. The second kappa shape index (κ2) is 5.05. The van der Waals surface area contributed by atoms with Crippen LogP contribution in [0.5, 0.6) is 0 Å². The number of carbonyl (C=O) groups excluding carboxylic acids is 1. The van der Waals surface area contributed by atoms with Gasteiger partial charge < -0.3 is 4.74 Å². The fraction of sp³-hybridized carbons (Fsp3) is 0.727. The van der Waals surface area contributed by atoms with Crippen molar-refractivity contribution in [2.75, 3.05) is 0 Å². The number of carbonyl (C=O) groups is 1. The molecule has 1 atom stereocenters. The molecule has 0 aromatic rings. The van der Waals surface area contributed by atoms with Crippen LogP contribution in [0.1, 0.15) is 46.0 Å². The number of allylic oxidation sites excluding steroid dienone is 2. The molecule has 0 N–H and O–H groups in total. The van der Waals surface area contributed by atoms with Crippen LogP contribution in [-0.4, -0.2) is 12.1 Å². The monoisotopic (exact) mass is 182 g/mol. The second-order valence-corrected chi connectivity index (χ2v) is 3.75. The van der Waals surface area contributed by atoms with Gasteiger partial charge in [0.05, 0.1) is 0 Å². The third-order valence-corrected chi connectivity index (χ3v) is 2.41. The summed E-state index contributed by atoms with van der Waals surface area (Å²) >= 11 is 0. The Morgan fingerprint density at radius 1 is 1.54 bits per heavy atom. The number of esters is 1. The van der Waals surface area contributed by atoms with Gasteiger partial charge in [0.25, 0.3) is 0 Å². The summed E-state index contributed by atoms with van der Waals surface area (Å²) in [5.41, 5.74) is 1.47. The van der Waals surface area contributed by atoms with E-state index in [4.69, 9.17) is 4.74 Å². The van der Waals surface area contributed by atoms with Crippen LogP contribution in [0.3, 0.4) is 0 Å². The van der Waals surface area contributed by atoms with E-state index in [2.05, 4.69) is 13.0 Å². The molecule has 0 amide bonds. The first-order valence-corrected chi connectivity index (χ1v) is 5.01. The topological polar surface area (TPSA) is 26.3 Å². The predicted molar refractivity (Wildman–Crippen MR) is 52.4 cm³/mol. The van der Waals surface area contributed by atoms with Crippen molar-refractivity contribution in [3.05, 3.63) is 11.6 Å². The minimum atomic E-state index is -0.147. The maximum absolute atomic E-state index is 10.7. The average Bonchev–Trinajstić information content (AvgIpc) is 1.99. The maximum Gasteiger partial charge on any atom is 0.302 e. The van der Waals surface area contributed by atoms with Gasteiger partial charge in [-0.3, -0.25) is 4.79 Å². The van der Waals surface area contributed by atoms with Crippen molar-refractivity contribution in [1.29, 1.82) is 0 Å². The summed E-state index contributed by atoms with van der Waals surface area (Å²) in [4.78, 5) is 10.7. The first-order valence-electron chi connectivity index (χ1n) is 5.01. The van der Waals surface area contributed by atoms with Crippen molar-refractivity contribution in [2.24, 2.45) is 0 Å². The molecule has 0 aliphatic heterocycles. The largest absolute Gasteiger partial charge is 0.463 e. The smallest absolute Gasteiger partial charge is 0.302 e. The number of hydrogen-bond acceptors (Lipinski definition) is 2. The highest BCUT2D eigenvalue weighted by molar-refractivity contribution is 5.66. The van der Waals surface area contributed by atoms with E-state index in [-0.39, 0.29) is 12.1 Å². The quantitative estimate of drug-likeness (QED) is 0.460. The van der Waals surface area contributed by atoms with Crippen LogP contribution < -0.4 is 0 Å². The van der Waals surface area contributed by atoms with Crippen molar-refractivity contribution in [3.8, 4) is 0 Å². The fourth-order valence-electron chi connectivity index (χ4n) is 1.72. The summed E-state index contributed by atoms with van der Waals surface area (Å²) in [6.07, 6.45) is 7.75. The SMILES string of the molecule is CC(=O)OC1CCC=C(C)CCC1. The molecule has 2 nitrogen and oxygen atoms in total. The molecule has 0 aromatic heterocycles. The first kappa shape index (κ1) is 10.3. The van der Waals surface area contributed by atoms with Crippen molar-refractivity contribution in [3.63, 3.8) is 0 Å². The highest BCUT2D eigenvalue weighted by Crippen LogP contribution is 2.19. The van der Waals surface area contributed by atoms with Crippen LogP contribution in [0.15, 0.2) is 11.6 Å². The summed E-state index contributed by atoms with van der Waals surface area (Å²) < 4.78 is 5.19. The fourth-order valence-corrected chi connectivity index (χ4v) is 1.72. The molecular weight excluding hydrogens is 164 g/mol. The standard InChI is InChI=1S/C11H18O2/c1-9-5-3-7-11(8-4-6-9)13-10(2)12/h5,11H,3-4,6-8H2,1-2H3. The molecule has 1 aliphatic rings. The van der Waals surface area contributed by atoms with Gasteiger partial charge in [0.15, 0.2) is 0 Å². The van der Waals surface area contributed by atoms with Crippen LogP contribution >= 0.6 is 0 Å². The van der Waals surface area contributed by atoms with Crippen molar-refractivity contribution < 1.29 is 9.53 Å². The Balaban J connectivity index is 2.38. The molecule has 0 aromatic carbocycles. The van der Waals surface area contributed by atoms with E-state index in [1.807, 2.05) is 0 Å². The Kier molecular flexibility index (Phi) is 4.00. The lowest BCUT2D eigenvalue weighted by molar-refractivity contribution is -0.147. The van der Waals surface area contributed by atoms with E-state index in [9.17, 15) is 4.79 Å². The summed E-state index contributed by atoms with van der Waals surface area (Å²) in [6.45, 7) is 3.66. The molecule has 1 rings (SSSR count). The van der Waals surface area contributed by atoms with Crippen molar-refractivity contribution in [1.82, 2.24) is 0 Å². The Morgan fingerprint density at radius 3 is 3.00 bits per heavy atom. The van der Waals surface area contributed by atoms with Gasteiger partial charge in [-0.05, 0) is 39.0 Å². The van der Waals surface area contributed by atoms with Gasteiger partial charge in [-0.2, -0.15) is 0 Å². The zero-order chi connectivity index (χ0) is 9.68. The van der Waals surface area contributed by atoms with Gasteiger partial charge in [0.1, 0.15) is 6.10 Å². The molecule has 0 radical (unpaired) electrons. The summed E-state index contributed by atoms with van der Waals surface area (Å²) in [5.74, 6) is -0.147. The van der Waals surface area contributed by atoms with E-state index in [1.165, 1.54) is 12.5 Å². The highest BCUT2D eigenvalue weighted by atomic mass is 16.5. The minimum Gasteiger partial charge on any atom is -0.463 e. The zero-order valence-corrected chi connectivity index (χ0v) is 8.51. The average molecular weight is 182 g/mol. The summed E-state index contributed by atoms with van der Waals surface area (Å²) in [5, 5.41) is 0. The number of ether oxygens (including phenoxy) is 1. The van der Waals surface area contributed by atoms with Crippen LogP contribution in [0.25, 0.3) is 0 Å². The molecule has 74 valence electrons. The number of hydrogen-bond donors (Lipinski definition) is 0. The Hall–Kier alpha value is -0.790. The highest BCUT2D eigenvalue weighted by Gasteiger charge is 2.12. The Morgan fingerprint density at radius 2 is 2.31 bits per heavy atom. The van der Waals surface area contributed by atoms with Crippen molar-refractivity contribution >= 4 is 5.97 Å². The third kappa shape index (κ3) is 4.11. The van der Waals surface area contributed by atoms with E-state index >= 15 is 0 Å². The van der Waals surface area contributed by atoms with E-state index in [0.29, 0.717) is 0 Å².